The molecule has 3 aliphatic rings. The van der Waals surface area contributed by atoms with E-state index in [2.05, 4.69) is 11.6 Å². The zero-order chi connectivity index (χ0) is 24.6. The van der Waals surface area contributed by atoms with Crippen molar-refractivity contribution in [1.29, 1.82) is 0 Å². The number of aliphatic hydroxyl groups is 1. The second-order valence-electron chi connectivity index (χ2n) is 8.94. The number of aliphatic carboxylic acids is 1. The van der Waals surface area contributed by atoms with Gasteiger partial charge in [-0.15, -0.1) is 11.8 Å². The number of carboxylic acids is 1. The molecule has 1 aromatic rings. The maximum Gasteiger partial charge on any atom is 0.410 e. The number of β-lactam (4-membered cyclic amide) rings is 1. The molecular weight excluding hydrogens is 458 g/mol. The lowest BCUT2D eigenvalue weighted by Gasteiger charge is -2.46. The number of hydrogen-bond acceptors (Lipinski definition) is 7. The first-order valence-corrected chi connectivity index (χ1v) is 12.2. The Morgan fingerprint density at radius 2 is 2.18 bits per heavy atom. The van der Waals surface area contributed by atoms with Gasteiger partial charge in [-0.1, -0.05) is 25.6 Å². The van der Waals surface area contributed by atoms with E-state index in [1.165, 1.54) is 22.7 Å². The number of aliphatic hydroxyl groups excluding tert-OH is 1. The van der Waals surface area contributed by atoms with Crippen LogP contribution in [0.1, 0.15) is 26.0 Å². The standard InChI is InChI=1S/C24H29N3O6S/c1-4-9-33-24(32)26-12-17(11-16(26)10-15-7-5-6-8-25-15)34-21-13(2)19-18(14(3)28)22(29)27(19)20(21)23(30)31/h4-8,13-14,16-19,28H,1,9-12H2,2-3H3,(H,30,31)/t13-,14-,16+,17+,18-,19-/m1/s1. The quantitative estimate of drug-likeness (QED) is 0.423. The predicted molar refractivity (Wildman–Crippen MR) is 126 cm³/mol. The van der Waals surface area contributed by atoms with Crippen molar-refractivity contribution in [1.82, 2.24) is 14.8 Å². The summed E-state index contributed by atoms with van der Waals surface area (Å²) in [5, 5.41) is 19.9. The van der Waals surface area contributed by atoms with Gasteiger partial charge in [-0.2, -0.15) is 0 Å². The van der Waals surface area contributed by atoms with Crippen molar-refractivity contribution < 1.29 is 29.3 Å². The second-order valence-corrected chi connectivity index (χ2v) is 10.3. The second kappa shape index (κ2) is 9.79. The van der Waals surface area contributed by atoms with E-state index in [0.29, 0.717) is 24.3 Å². The molecule has 34 heavy (non-hydrogen) atoms. The Morgan fingerprint density at radius 1 is 1.41 bits per heavy atom. The molecule has 3 aliphatic heterocycles. The highest BCUT2D eigenvalue weighted by atomic mass is 32.2. The lowest BCUT2D eigenvalue weighted by molar-refractivity contribution is -0.163. The molecule has 2 N–H and O–H groups in total. The van der Waals surface area contributed by atoms with Crippen LogP contribution in [0, 0.1) is 11.8 Å². The number of amides is 2. The first-order chi connectivity index (χ1) is 16.2. The summed E-state index contributed by atoms with van der Waals surface area (Å²) in [6.07, 6.45) is 3.12. The van der Waals surface area contributed by atoms with Crippen LogP contribution < -0.4 is 0 Å². The number of thioether (sulfide) groups is 1. The lowest BCUT2D eigenvalue weighted by Crippen LogP contribution is -2.63. The number of likely N-dealkylation sites (tertiary alicyclic amines) is 1. The summed E-state index contributed by atoms with van der Waals surface area (Å²) < 4.78 is 5.29. The largest absolute Gasteiger partial charge is 0.477 e. The van der Waals surface area contributed by atoms with Gasteiger partial charge in [0.2, 0.25) is 5.91 Å². The van der Waals surface area contributed by atoms with E-state index >= 15 is 0 Å². The summed E-state index contributed by atoms with van der Waals surface area (Å²) >= 11 is 1.42. The normalized spacial score (nSPS) is 29.0. The fraction of sp³-hybridized carbons (Fsp3) is 0.500. The van der Waals surface area contributed by atoms with Crippen LogP contribution in [0.4, 0.5) is 4.79 Å². The van der Waals surface area contributed by atoms with E-state index in [4.69, 9.17) is 4.74 Å². The van der Waals surface area contributed by atoms with Crippen LogP contribution in [0.15, 0.2) is 47.7 Å². The maximum atomic E-state index is 12.7. The highest BCUT2D eigenvalue weighted by molar-refractivity contribution is 8.03. The van der Waals surface area contributed by atoms with Crippen molar-refractivity contribution in [3.05, 3.63) is 53.3 Å². The van der Waals surface area contributed by atoms with Gasteiger partial charge in [-0.05, 0) is 25.5 Å². The third-order valence-electron chi connectivity index (χ3n) is 6.71. The third-order valence-corrected chi connectivity index (χ3v) is 8.20. The number of carboxylic acid groups (broad SMARTS) is 1. The Balaban J connectivity index is 1.55. The number of nitrogens with zero attached hydrogens (tertiary/aromatic N) is 3. The summed E-state index contributed by atoms with van der Waals surface area (Å²) in [7, 11) is 0. The number of rotatable bonds is 8. The van der Waals surface area contributed by atoms with Gasteiger partial charge in [0.25, 0.3) is 0 Å². The van der Waals surface area contributed by atoms with Gasteiger partial charge in [0.05, 0.1) is 18.1 Å². The van der Waals surface area contributed by atoms with Gasteiger partial charge in [0, 0.05) is 47.0 Å². The molecule has 182 valence electrons. The lowest BCUT2D eigenvalue weighted by atomic mass is 9.79. The number of ether oxygens (including phenoxy) is 1. The summed E-state index contributed by atoms with van der Waals surface area (Å²) in [5.74, 6) is -2.33. The first kappa shape index (κ1) is 24.3. The smallest absolute Gasteiger partial charge is 0.410 e. The average Bonchev–Trinajstić information content (AvgIpc) is 3.29. The first-order valence-electron chi connectivity index (χ1n) is 11.3. The summed E-state index contributed by atoms with van der Waals surface area (Å²) in [4.78, 5) is 45.4. The fourth-order valence-electron chi connectivity index (χ4n) is 5.21. The highest BCUT2D eigenvalue weighted by Gasteiger charge is 2.60. The number of pyridine rings is 1. The summed E-state index contributed by atoms with van der Waals surface area (Å²) in [6.45, 7) is 7.54. The number of hydrogen-bond donors (Lipinski definition) is 2. The van der Waals surface area contributed by atoms with Crippen molar-refractivity contribution in [3.8, 4) is 0 Å². The third kappa shape index (κ3) is 4.32. The van der Waals surface area contributed by atoms with Crippen LogP contribution >= 0.6 is 11.8 Å². The topological polar surface area (TPSA) is 120 Å². The molecule has 0 saturated carbocycles. The van der Waals surface area contributed by atoms with Crippen LogP contribution in [-0.4, -0.2) is 79.6 Å². The summed E-state index contributed by atoms with van der Waals surface area (Å²) in [6, 6.07) is 5.12. The van der Waals surface area contributed by atoms with E-state index < -0.39 is 24.1 Å². The van der Waals surface area contributed by atoms with Gasteiger partial charge in [0.15, 0.2) is 0 Å². The molecule has 0 spiro atoms. The minimum atomic E-state index is -1.15. The number of carbonyl (C=O) groups excluding carboxylic acids is 2. The van der Waals surface area contributed by atoms with E-state index in [1.54, 1.807) is 18.0 Å². The minimum Gasteiger partial charge on any atom is -0.477 e. The molecule has 0 aliphatic carbocycles. The monoisotopic (exact) mass is 487 g/mol. The Labute approximate surface area is 202 Å². The molecule has 0 radical (unpaired) electrons. The molecular formula is C24H29N3O6S. The Morgan fingerprint density at radius 3 is 2.79 bits per heavy atom. The molecule has 6 atom stereocenters. The summed E-state index contributed by atoms with van der Waals surface area (Å²) in [5.41, 5.74) is 0.854. The number of fused-ring (bicyclic) bond motifs is 1. The van der Waals surface area contributed by atoms with Gasteiger partial charge >= 0.3 is 12.1 Å². The zero-order valence-electron chi connectivity index (χ0n) is 19.2. The van der Waals surface area contributed by atoms with E-state index in [9.17, 15) is 24.6 Å². The molecule has 4 heterocycles. The molecule has 2 amide bonds. The van der Waals surface area contributed by atoms with Crippen molar-refractivity contribution in [3.63, 3.8) is 0 Å². The molecule has 9 nitrogen and oxygen atoms in total. The van der Waals surface area contributed by atoms with Crippen molar-refractivity contribution >= 4 is 29.7 Å². The fourth-order valence-corrected chi connectivity index (χ4v) is 6.77. The van der Waals surface area contributed by atoms with E-state index in [1.807, 2.05) is 25.1 Å². The van der Waals surface area contributed by atoms with Crippen LogP contribution in [0.2, 0.25) is 0 Å². The molecule has 0 unspecified atom stereocenters. The van der Waals surface area contributed by atoms with E-state index in [-0.39, 0.29) is 41.5 Å². The van der Waals surface area contributed by atoms with Crippen molar-refractivity contribution in [2.45, 2.75) is 50.1 Å². The molecule has 0 aromatic carbocycles. The Bertz CT molecular complexity index is 1010. The molecule has 2 fully saturated rings. The van der Waals surface area contributed by atoms with Crippen LogP contribution in [0.5, 0.6) is 0 Å². The van der Waals surface area contributed by atoms with Crippen LogP contribution in [-0.2, 0) is 20.7 Å². The SMILES string of the molecule is C=CCOC(=O)N1C[C@@H](SC2=C(C(=O)O)N3C(=O)[C@H]([C@@H](C)O)[C@H]3[C@H]2C)C[C@@H]1Cc1ccccn1. The molecule has 1 aromatic heterocycles. The number of aromatic nitrogens is 1. The Kier molecular flexibility index (Phi) is 6.99. The predicted octanol–water partition coefficient (Wildman–Crippen LogP) is 2.28. The molecule has 4 rings (SSSR count). The molecule has 2 saturated heterocycles. The maximum absolute atomic E-state index is 12.7. The van der Waals surface area contributed by atoms with Gasteiger partial charge < -0.3 is 24.7 Å². The zero-order valence-corrected chi connectivity index (χ0v) is 20.0. The van der Waals surface area contributed by atoms with Gasteiger partial charge in [0.1, 0.15) is 12.3 Å². The van der Waals surface area contributed by atoms with Crippen molar-refractivity contribution in [2.75, 3.05) is 13.2 Å². The van der Waals surface area contributed by atoms with Crippen LogP contribution in [0.3, 0.4) is 0 Å². The average molecular weight is 488 g/mol. The van der Waals surface area contributed by atoms with Gasteiger partial charge in [-0.25, -0.2) is 9.59 Å². The molecule has 0 bridgehead atoms. The van der Waals surface area contributed by atoms with Crippen LogP contribution in [0.25, 0.3) is 0 Å². The number of carbonyl (C=O) groups is 3. The molecule has 10 heteroatoms. The minimum absolute atomic E-state index is 0.00152. The highest BCUT2D eigenvalue weighted by Crippen LogP contribution is 2.52. The Hall–Kier alpha value is -2.85. The van der Waals surface area contributed by atoms with Crippen molar-refractivity contribution in [2.24, 2.45) is 11.8 Å². The van der Waals surface area contributed by atoms with E-state index in [0.717, 1.165) is 5.69 Å². The van der Waals surface area contributed by atoms with Gasteiger partial charge in [-0.3, -0.25) is 9.78 Å².